The fourth-order valence-corrected chi connectivity index (χ4v) is 1.70. The molecule has 0 bridgehead atoms. The molecular weight excluding hydrogens is 274 g/mol. The van der Waals surface area contributed by atoms with Crippen LogP contribution in [-0.4, -0.2) is 66.4 Å². The summed E-state index contributed by atoms with van der Waals surface area (Å²) in [6.45, 7) is 3.67. The van der Waals surface area contributed by atoms with Crippen LogP contribution in [0, 0.1) is 10.1 Å². The molecule has 0 aromatic carbocycles. The van der Waals surface area contributed by atoms with Gasteiger partial charge in [-0.05, 0) is 21.0 Å². The Balaban J connectivity index is 3.04. The van der Waals surface area contributed by atoms with Crippen molar-refractivity contribution in [1.82, 2.24) is 14.8 Å². The topological polar surface area (TPSA) is 91.6 Å². The maximum atomic E-state index is 12.4. The minimum Gasteiger partial charge on any atom is -0.370 e. The predicted octanol–water partition coefficient (Wildman–Crippen LogP) is 1.06. The highest BCUT2D eigenvalue weighted by molar-refractivity contribution is 5.98. The first kappa shape index (κ1) is 16.8. The van der Waals surface area contributed by atoms with Crippen molar-refractivity contribution in [1.29, 1.82) is 0 Å². The molecule has 0 fully saturated rings. The van der Waals surface area contributed by atoms with E-state index >= 15 is 0 Å². The molecule has 1 rings (SSSR count). The third-order valence-electron chi connectivity index (χ3n) is 2.90. The average molecular weight is 295 g/mol. The molecule has 1 heterocycles. The van der Waals surface area contributed by atoms with E-state index in [4.69, 9.17) is 0 Å². The highest BCUT2D eigenvalue weighted by atomic mass is 16.6. The smallest absolute Gasteiger partial charge is 0.300 e. The number of rotatable bonds is 7. The number of nitrogens with zero attached hydrogens (tertiary/aromatic N) is 4. The standard InChI is InChI=1S/C13H21N5O3/c1-5-14-12-8-10(11(9-15-12)18(20)21)13(19)17(4)7-6-16(2)3/h8-9H,5-7H2,1-4H3,(H,14,15). The van der Waals surface area contributed by atoms with E-state index < -0.39 is 4.92 Å². The molecule has 0 aliphatic rings. The Morgan fingerprint density at radius 2 is 2.05 bits per heavy atom. The van der Waals surface area contributed by atoms with Crippen LogP contribution in [0.4, 0.5) is 11.5 Å². The van der Waals surface area contributed by atoms with Gasteiger partial charge in [0.05, 0.1) is 4.92 Å². The number of pyridine rings is 1. The number of hydrogen-bond acceptors (Lipinski definition) is 6. The largest absolute Gasteiger partial charge is 0.370 e. The van der Waals surface area contributed by atoms with Crippen LogP contribution in [0.2, 0.25) is 0 Å². The van der Waals surface area contributed by atoms with Gasteiger partial charge >= 0.3 is 0 Å². The first-order valence-electron chi connectivity index (χ1n) is 6.65. The van der Waals surface area contributed by atoms with E-state index in [0.717, 1.165) is 6.20 Å². The monoisotopic (exact) mass is 295 g/mol. The van der Waals surface area contributed by atoms with Gasteiger partial charge in [-0.25, -0.2) is 4.98 Å². The van der Waals surface area contributed by atoms with E-state index in [9.17, 15) is 14.9 Å². The molecule has 8 heteroatoms. The summed E-state index contributed by atoms with van der Waals surface area (Å²) in [5.74, 6) is 0.0672. The second kappa shape index (κ2) is 7.53. The van der Waals surface area contributed by atoms with Gasteiger partial charge in [-0.3, -0.25) is 14.9 Å². The molecule has 0 aliphatic heterocycles. The zero-order valence-electron chi connectivity index (χ0n) is 12.8. The van der Waals surface area contributed by atoms with Crippen molar-refractivity contribution < 1.29 is 9.72 Å². The summed E-state index contributed by atoms with van der Waals surface area (Å²) < 4.78 is 0. The van der Waals surface area contributed by atoms with Crippen molar-refractivity contribution in [3.05, 3.63) is 27.9 Å². The van der Waals surface area contributed by atoms with Crippen molar-refractivity contribution in [3.8, 4) is 0 Å². The second-order valence-electron chi connectivity index (χ2n) is 4.90. The van der Waals surface area contributed by atoms with Gasteiger partial charge in [0, 0.05) is 32.7 Å². The zero-order chi connectivity index (χ0) is 16.0. The lowest BCUT2D eigenvalue weighted by atomic mass is 10.2. The highest BCUT2D eigenvalue weighted by Gasteiger charge is 2.24. The van der Waals surface area contributed by atoms with Gasteiger partial charge in [0.15, 0.2) is 0 Å². The summed E-state index contributed by atoms with van der Waals surface area (Å²) >= 11 is 0. The first-order valence-corrected chi connectivity index (χ1v) is 6.65. The predicted molar refractivity (Wildman–Crippen MR) is 80.6 cm³/mol. The Labute approximate surface area is 123 Å². The summed E-state index contributed by atoms with van der Waals surface area (Å²) in [5, 5.41) is 14.0. The van der Waals surface area contributed by atoms with Gasteiger partial charge in [-0.15, -0.1) is 0 Å². The lowest BCUT2D eigenvalue weighted by Gasteiger charge is -2.19. The van der Waals surface area contributed by atoms with Crippen LogP contribution in [0.3, 0.4) is 0 Å². The van der Waals surface area contributed by atoms with E-state index in [2.05, 4.69) is 10.3 Å². The maximum Gasteiger partial charge on any atom is 0.300 e. The molecule has 0 unspecified atom stereocenters. The van der Waals surface area contributed by atoms with Crippen LogP contribution in [0.25, 0.3) is 0 Å². The molecule has 0 saturated carbocycles. The van der Waals surface area contributed by atoms with Crippen LogP contribution < -0.4 is 5.32 Å². The van der Waals surface area contributed by atoms with Crippen LogP contribution in [0.5, 0.6) is 0 Å². The van der Waals surface area contributed by atoms with Crippen molar-refractivity contribution in [2.24, 2.45) is 0 Å². The average Bonchev–Trinajstić information content (AvgIpc) is 2.43. The van der Waals surface area contributed by atoms with Crippen LogP contribution in [-0.2, 0) is 0 Å². The number of anilines is 1. The summed E-state index contributed by atoms with van der Waals surface area (Å²) in [7, 11) is 5.43. The second-order valence-corrected chi connectivity index (χ2v) is 4.90. The quantitative estimate of drug-likeness (QED) is 0.597. The zero-order valence-corrected chi connectivity index (χ0v) is 12.8. The highest BCUT2D eigenvalue weighted by Crippen LogP contribution is 2.21. The minimum atomic E-state index is -0.588. The summed E-state index contributed by atoms with van der Waals surface area (Å²) in [4.78, 5) is 30.2. The van der Waals surface area contributed by atoms with Crippen molar-refractivity contribution in [2.45, 2.75) is 6.92 Å². The lowest BCUT2D eigenvalue weighted by molar-refractivity contribution is -0.385. The van der Waals surface area contributed by atoms with Gasteiger partial charge < -0.3 is 15.1 Å². The van der Waals surface area contributed by atoms with Crippen molar-refractivity contribution in [3.63, 3.8) is 0 Å². The molecular formula is C13H21N5O3. The van der Waals surface area contributed by atoms with Crippen molar-refractivity contribution >= 4 is 17.4 Å². The minimum absolute atomic E-state index is 0.0483. The number of amides is 1. The van der Waals surface area contributed by atoms with Gasteiger partial charge in [-0.2, -0.15) is 0 Å². The molecule has 0 aliphatic carbocycles. The van der Waals surface area contributed by atoms with Crippen LogP contribution in [0.15, 0.2) is 12.3 Å². The number of nitrogens with one attached hydrogen (secondary N) is 1. The van der Waals surface area contributed by atoms with E-state index in [1.54, 1.807) is 7.05 Å². The van der Waals surface area contributed by atoms with Gasteiger partial charge in [0.1, 0.15) is 17.6 Å². The molecule has 0 spiro atoms. The first-order chi connectivity index (χ1) is 9.86. The molecule has 0 atom stereocenters. The Kier molecular flexibility index (Phi) is 6.04. The fourth-order valence-electron chi connectivity index (χ4n) is 1.70. The number of carbonyl (C=O) groups is 1. The van der Waals surface area contributed by atoms with E-state index in [1.165, 1.54) is 11.0 Å². The maximum absolute atomic E-state index is 12.4. The number of hydrogen-bond donors (Lipinski definition) is 1. The molecule has 21 heavy (non-hydrogen) atoms. The molecule has 8 nitrogen and oxygen atoms in total. The van der Waals surface area contributed by atoms with Crippen LogP contribution in [0.1, 0.15) is 17.3 Å². The van der Waals surface area contributed by atoms with Gasteiger partial charge in [0.25, 0.3) is 11.6 Å². The van der Waals surface area contributed by atoms with E-state index in [1.807, 2.05) is 25.9 Å². The molecule has 1 N–H and O–H groups in total. The fraction of sp³-hybridized carbons (Fsp3) is 0.538. The normalized spacial score (nSPS) is 10.5. The van der Waals surface area contributed by atoms with E-state index in [0.29, 0.717) is 25.5 Å². The Bertz CT molecular complexity index is 519. The SMILES string of the molecule is CCNc1cc(C(=O)N(C)CCN(C)C)c([N+](=O)[O-])cn1. The number of likely N-dealkylation sites (N-methyl/N-ethyl adjacent to an activating group) is 2. The third kappa shape index (κ3) is 4.67. The molecule has 116 valence electrons. The number of nitro groups is 1. The molecule has 1 aromatic heterocycles. The van der Waals surface area contributed by atoms with Gasteiger partial charge in [-0.1, -0.05) is 0 Å². The Morgan fingerprint density at radius 1 is 1.38 bits per heavy atom. The van der Waals surface area contributed by atoms with Crippen LogP contribution >= 0.6 is 0 Å². The number of carbonyl (C=O) groups excluding carboxylic acids is 1. The molecule has 0 radical (unpaired) electrons. The summed E-state index contributed by atoms with van der Waals surface area (Å²) in [6.07, 6.45) is 1.12. The Hall–Kier alpha value is -2.22. The summed E-state index contributed by atoms with van der Waals surface area (Å²) in [6, 6.07) is 1.43. The van der Waals surface area contributed by atoms with Crippen molar-refractivity contribution in [2.75, 3.05) is 46.1 Å². The summed E-state index contributed by atoms with van der Waals surface area (Å²) in [5.41, 5.74) is -0.231. The van der Waals surface area contributed by atoms with E-state index in [-0.39, 0.29) is 17.2 Å². The third-order valence-corrected chi connectivity index (χ3v) is 2.90. The molecule has 1 aromatic rings. The number of aromatic nitrogens is 1. The van der Waals surface area contributed by atoms with Gasteiger partial charge in [0.2, 0.25) is 0 Å². The lowest BCUT2D eigenvalue weighted by Crippen LogP contribution is -2.33. The molecule has 0 saturated heterocycles. The molecule has 1 amide bonds. The Morgan fingerprint density at radius 3 is 2.57 bits per heavy atom.